The minimum atomic E-state index is 0.499. The summed E-state index contributed by atoms with van der Waals surface area (Å²) in [5.74, 6) is 0. The fourth-order valence-electron chi connectivity index (χ4n) is 3.33. The summed E-state index contributed by atoms with van der Waals surface area (Å²) in [6.07, 6.45) is 5.79. The largest absolute Gasteiger partial charge is 0.292 e. The Labute approximate surface area is 144 Å². The molecule has 1 aromatic heterocycles. The first-order valence-corrected chi connectivity index (χ1v) is 9.51. The number of hydrogen-bond donors (Lipinski definition) is 0. The predicted molar refractivity (Wildman–Crippen MR) is 98.7 cm³/mol. The lowest BCUT2D eigenvalue weighted by atomic mass is 9.95. The van der Waals surface area contributed by atoms with Crippen molar-refractivity contribution in [3.8, 4) is 0 Å². The molecule has 0 amide bonds. The molecule has 0 spiro atoms. The third kappa shape index (κ3) is 4.36. The molecule has 23 heavy (non-hydrogen) atoms. The van der Waals surface area contributed by atoms with Crippen LogP contribution in [-0.4, -0.2) is 21.7 Å². The molecule has 1 fully saturated rings. The van der Waals surface area contributed by atoms with Crippen LogP contribution in [0.15, 0.2) is 53.7 Å². The van der Waals surface area contributed by atoms with E-state index in [9.17, 15) is 0 Å². The van der Waals surface area contributed by atoms with Crippen molar-refractivity contribution in [2.24, 2.45) is 0 Å². The minimum Gasteiger partial charge on any atom is -0.292 e. The monoisotopic (exact) mass is 326 g/mol. The van der Waals surface area contributed by atoms with Gasteiger partial charge >= 0.3 is 0 Å². The molecular formula is C20H26N2S. The van der Waals surface area contributed by atoms with Crippen LogP contribution in [0.5, 0.6) is 0 Å². The molecule has 0 unspecified atom stereocenters. The van der Waals surface area contributed by atoms with E-state index in [0.717, 1.165) is 6.54 Å². The molecule has 0 radical (unpaired) electrons. The van der Waals surface area contributed by atoms with Crippen molar-refractivity contribution in [1.82, 2.24) is 9.88 Å². The van der Waals surface area contributed by atoms with E-state index in [0.29, 0.717) is 11.3 Å². The molecule has 122 valence electrons. The van der Waals surface area contributed by atoms with Crippen LogP contribution in [0.4, 0.5) is 0 Å². The fourth-order valence-corrected chi connectivity index (χ4v) is 4.24. The molecule has 1 aliphatic rings. The van der Waals surface area contributed by atoms with Crippen molar-refractivity contribution in [2.45, 2.75) is 56.0 Å². The Morgan fingerprint density at radius 3 is 2.74 bits per heavy atom. The number of piperidine rings is 1. The predicted octanol–water partition coefficient (Wildman–Crippen LogP) is 5.31. The SMILES string of the molecule is CC(C)Sc1ncccc1[C@H]1CCCCN1Cc1ccccc1. The van der Waals surface area contributed by atoms with Crippen LogP contribution in [0.1, 0.15) is 50.3 Å². The van der Waals surface area contributed by atoms with Crippen LogP contribution in [0.25, 0.3) is 0 Å². The quantitative estimate of drug-likeness (QED) is 0.693. The van der Waals surface area contributed by atoms with Crippen molar-refractivity contribution in [2.75, 3.05) is 6.54 Å². The van der Waals surface area contributed by atoms with Gasteiger partial charge in [0.25, 0.3) is 0 Å². The molecule has 0 bridgehead atoms. The lowest BCUT2D eigenvalue weighted by Crippen LogP contribution is -2.33. The zero-order chi connectivity index (χ0) is 16.1. The second-order valence-electron chi connectivity index (χ2n) is 6.53. The number of aromatic nitrogens is 1. The summed E-state index contributed by atoms with van der Waals surface area (Å²) >= 11 is 1.89. The van der Waals surface area contributed by atoms with Crippen molar-refractivity contribution in [3.05, 3.63) is 59.8 Å². The molecule has 1 aliphatic heterocycles. The van der Waals surface area contributed by atoms with Crippen molar-refractivity contribution in [1.29, 1.82) is 0 Å². The maximum Gasteiger partial charge on any atom is 0.101 e. The van der Waals surface area contributed by atoms with Crippen LogP contribution in [0.3, 0.4) is 0 Å². The van der Waals surface area contributed by atoms with E-state index in [4.69, 9.17) is 0 Å². The maximum atomic E-state index is 4.67. The average Bonchev–Trinajstić information content (AvgIpc) is 2.56. The van der Waals surface area contributed by atoms with Crippen LogP contribution >= 0.6 is 11.8 Å². The van der Waals surface area contributed by atoms with E-state index in [-0.39, 0.29) is 0 Å². The molecule has 0 aliphatic carbocycles. The lowest BCUT2D eigenvalue weighted by molar-refractivity contribution is 0.138. The van der Waals surface area contributed by atoms with E-state index in [1.807, 2.05) is 18.0 Å². The molecule has 1 saturated heterocycles. The zero-order valence-electron chi connectivity index (χ0n) is 14.1. The molecule has 0 N–H and O–H groups in total. The van der Waals surface area contributed by atoms with E-state index in [2.05, 4.69) is 66.2 Å². The first-order valence-electron chi connectivity index (χ1n) is 8.63. The van der Waals surface area contributed by atoms with Gasteiger partial charge in [-0.15, -0.1) is 11.8 Å². The van der Waals surface area contributed by atoms with Gasteiger partial charge in [0, 0.05) is 29.6 Å². The van der Waals surface area contributed by atoms with Crippen molar-refractivity contribution < 1.29 is 0 Å². The van der Waals surface area contributed by atoms with E-state index < -0.39 is 0 Å². The molecule has 2 aromatic rings. The average molecular weight is 327 g/mol. The third-order valence-electron chi connectivity index (χ3n) is 4.35. The summed E-state index contributed by atoms with van der Waals surface area (Å²) in [6, 6.07) is 15.7. The highest BCUT2D eigenvalue weighted by Crippen LogP contribution is 2.37. The van der Waals surface area contributed by atoms with Crippen molar-refractivity contribution >= 4 is 11.8 Å². The zero-order valence-corrected chi connectivity index (χ0v) is 14.9. The van der Waals surface area contributed by atoms with Crippen LogP contribution in [-0.2, 0) is 6.54 Å². The number of rotatable bonds is 5. The van der Waals surface area contributed by atoms with E-state index >= 15 is 0 Å². The second kappa shape index (κ2) is 7.98. The Kier molecular flexibility index (Phi) is 5.74. The summed E-state index contributed by atoms with van der Waals surface area (Å²) in [4.78, 5) is 7.31. The van der Waals surface area contributed by atoms with Crippen molar-refractivity contribution in [3.63, 3.8) is 0 Å². The fraction of sp³-hybridized carbons (Fsp3) is 0.450. The van der Waals surface area contributed by atoms with Gasteiger partial charge in [-0.2, -0.15) is 0 Å². The maximum absolute atomic E-state index is 4.67. The molecule has 0 saturated carbocycles. The highest BCUT2D eigenvalue weighted by molar-refractivity contribution is 7.99. The Morgan fingerprint density at radius 2 is 1.96 bits per heavy atom. The van der Waals surface area contributed by atoms with Gasteiger partial charge in [-0.25, -0.2) is 4.98 Å². The van der Waals surface area contributed by atoms with E-state index in [1.54, 1.807) is 0 Å². The summed E-state index contributed by atoms with van der Waals surface area (Å²) in [6.45, 7) is 6.70. The highest BCUT2D eigenvalue weighted by Gasteiger charge is 2.26. The van der Waals surface area contributed by atoms with Gasteiger partial charge in [0.15, 0.2) is 0 Å². The Balaban J connectivity index is 1.84. The number of nitrogens with zero attached hydrogens (tertiary/aromatic N) is 2. The number of hydrogen-bond acceptors (Lipinski definition) is 3. The number of likely N-dealkylation sites (tertiary alicyclic amines) is 1. The highest BCUT2D eigenvalue weighted by atomic mass is 32.2. The summed E-state index contributed by atoms with van der Waals surface area (Å²) in [5.41, 5.74) is 2.82. The molecule has 3 rings (SSSR count). The molecule has 3 heteroatoms. The molecule has 1 aromatic carbocycles. The summed E-state index contributed by atoms with van der Waals surface area (Å²) in [5, 5.41) is 1.78. The molecule has 2 nitrogen and oxygen atoms in total. The van der Waals surface area contributed by atoms with Crippen LogP contribution < -0.4 is 0 Å². The molecule has 2 heterocycles. The van der Waals surface area contributed by atoms with Crippen LogP contribution in [0.2, 0.25) is 0 Å². The third-order valence-corrected chi connectivity index (χ3v) is 5.38. The molecular weight excluding hydrogens is 300 g/mol. The first-order chi connectivity index (χ1) is 11.2. The second-order valence-corrected chi connectivity index (χ2v) is 8.10. The van der Waals surface area contributed by atoms with Gasteiger partial charge in [0.2, 0.25) is 0 Å². The summed E-state index contributed by atoms with van der Waals surface area (Å²) < 4.78 is 0. The minimum absolute atomic E-state index is 0.499. The van der Waals surface area contributed by atoms with Gasteiger partial charge in [-0.1, -0.05) is 56.7 Å². The number of benzene rings is 1. The Bertz CT molecular complexity index is 612. The topological polar surface area (TPSA) is 16.1 Å². The normalized spacial score (nSPS) is 19.2. The van der Waals surface area contributed by atoms with Gasteiger partial charge in [0.05, 0.1) is 0 Å². The first kappa shape index (κ1) is 16.5. The van der Waals surface area contributed by atoms with Crippen LogP contribution in [0, 0.1) is 0 Å². The van der Waals surface area contributed by atoms with Gasteiger partial charge in [0.1, 0.15) is 5.03 Å². The number of pyridine rings is 1. The Morgan fingerprint density at radius 1 is 1.13 bits per heavy atom. The van der Waals surface area contributed by atoms with Gasteiger partial charge < -0.3 is 0 Å². The number of thioether (sulfide) groups is 1. The Hall–Kier alpha value is -1.32. The molecule has 1 atom stereocenters. The van der Waals surface area contributed by atoms with Gasteiger partial charge in [-0.05, 0) is 31.0 Å². The standard InChI is InChI=1S/C20H26N2S/c1-16(2)23-20-18(11-8-13-21-20)19-12-6-7-14-22(19)15-17-9-4-3-5-10-17/h3-5,8-11,13,16,19H,6-7,12,14-15H2,1-2H3/t19-/m1/s1. The lowest BCUT2D eigenvalue weighted by Gasteiger charge is -2.36. The van der Waals surface area contributed by atoms with E-state index in [1.165, 1.54) is 42.0 Å². The van der Waals surface area contributed by atoms with Gasteiger partial charge in [-0.3, -0.25) is 4.90 Å². The summed E-state index contributed by atoms with van der Waals surface area (Å²) in [7, 11) is 0. The smallest absolute Gasteiger partial charge is 0.101 e.